The molecule has 1 aromatic carbocycles. The van der Waals surface area contributed by atoms with E-state index < -0.39 is 0 Å². The number of rotatable bonds is 2. The number of piperazine rings is 1. The molecule has 1 amide bonds. The molecule has 1 aliphatic heterocycles. The van der Waals surface area contributed by atoms with E-state index >= 15 is 0 Å². The summed E-state index contributed by atoms with van der Waals surface area (Å²) in [5.41, 5.74) is 3.36. The number of imidazole rings is 1. The number of aromatic nitrogens is 3. The summed E-state index contributed by atoms with van der Waals surface area (Å²) in [5.74, 6) is -0.0179. The van der Waals surface area contributed by atoms with Gasteiger partial charge in [-0.15, -0.1) is 0 Å². The Hall–Kier alpha value is -2.89. The number of benzene rings is 1. The normalized spacial score (nSPS) is 15.4. The number of carbonyl (C=O) groups excluding carboxylic acids is 1. The topological polar surface area (TPSA) is 53.7 Å². The fourth-order valence-corrected chi connectivity index (χ4v) is 3.33. The van der Waals surface area contributed by atoms with E-state index in [1.165, 1.54) is 5.69 Å². The quantitative estimate of drug-likeness (QED) is 0.702. The molecule has 0 aliphatic carbocycles. The van der Waals surface area contributed by atoms with Gasteiger partial charge in [0.15, 0.2) is 5.65 Å². The van der Waals surface area contributed by atoms with Crippen LogP contribution in [0.1, 0.15) is 37.0 Å². The van der Waals surface area contributed by atoms with E-state index in [9.17, 15) is 4.79 Å². The Morgan fingerprint density at radius 2 is 1.67 bits per heavy atom. The fraction of sp³-hybridized carbons (Fsp3) is 0.381. The predicted octanol–water partition coefficient (Wildman–Crippen LogP) is 2.99. The van der Waals surface area contributed by atoms with Gasteiger partial charge in [-0.1, -0.05) is 39.0 Å². The Morgan fingerprint density at radius 1 is 0.963 bits per heavy atom. The molecule has 0 radical (unpaired) electrons. The molecule has 140 valence electrons. The van der Waals surface area contributed by atoms with E-state index in [0.29, 0.717) is 18.8 Å². The molecule has 4 rings (SSSR count). The van der Waals surface area contributed by atoms with Gasteiger partial charge in [0.1, 0.15) is 5.69 Å². The second kappa shape index (κ2) is 6.68. The van der Waals surface area contributed by atoms with Crippen LogP contribution in [0.4, 0.5) is 5.69 Å². The Morgan fingerprint density at radius 3 is 2.33 bits per heavy atom. The Balaban J connectivity index is 1.48. The first-order valence-corrected chi connectivity index (χ1v) is 9.38. The van der Waals surface area contributed by atoms with Gasteiger partial charge in [-0.25, -0.2) is 9.50 Å². The van der Waals surface area contributed by atoms with Crippen LogP contribution in [0.25, 0.3) is 5.65 Å². The molecule has 0 atom stereocenters. The van der Waals surface area contributed by atoms with Crippen molar-refractivity contribution in [3.8, 4) is 0 Å². The Labute approximate surface area is 159 Å². The molecule has 0 unspecified atom stereocenters. The van der Waals surface area contributed by atoms with Crippen molar-refractivity contribution in [2.24, 2.45) is 0 Å². The van der Waals surface area contributed by atoms with Crippen LogP contribution in [0, 0.1) is 0 Å². The molecular weight excluding hydrogens is 338 g/mol. The second-order valence-electron chi connectivity index (χ2n) is 8.01. The molecule has 1 aliphatic rings. The zero-order chi connectivity index (χ0) is 19.0. The Bertz CT molecular complexity index is 950. The minimum Gasteiger partial charge on any atom is -0.368 e. The number of para-hydroxylation sites is 1. The van der Waals surface area contributed by atoms with Crippen molar-refractivity contribution < 1.29 is 4.79 Å². The van der Waals surface area contributed by atoms with Crippen molar-refractivity contribution >= 4 is 17.2 Å². The van der Waals surface area contributed by atoms with E-state index in [4.69, 9.17) is 0 Å². The van der Waals surface area contributed by atoms with E-state index in [2.05, 4.69) is 47.9 Å². The van der Waals surface area contributed by atoms with Crippen LogP contribution in [0.5, 0.6) is 0 Å². The lowest BCUT2D eigenvalue weighted by atomic mass is 9.93. The highest BCUT2D eigenvalue weighted by atomic mass is 16.2. The van der Waals surface area contributed by atoms with Crippen LogP contribution < -0.4 is 4.90 Å². The molecule has 0 bridgehead atoms. The van der Waals surface area contributed by atoms with Crippen LogP contribution >= 0.6 is 0 Å². The largest absolute Gasteiger partial charge is 0.368 e. The smallest absolute Gasteiger partial charge is 0.274 e. The monoisotopic (exact) mass is 363 g/mol. The van der Waals surface area contributed by atoms with Gasteiger partial charge in [-0.3, -0.25) is 4.79 Å². The van der Waals surface area contributed by atoms with Crippen LogP contribution in [-0.2, 0) is 5.41 Å². The summed E-state index contributed by atoms with van der Waals surface area (Å²) in [6.07, 6.45) is 1.92. The van der Waals surface area contributed by atoms with Crippen LogP contribution in [0.3, 0.4) is 0 Å². The molecule has 0 saturated carbocycles. The maximum absolute atomic E-state index is 12.9. The highest BCUT2D eigenvalue weighted by Gasteiger charge is 2.24. The zero-order valence-electron chi connectivity index (χ0n) is 16.1. The maximum atomic E-state index is 12.9. The van der Waals surface area contributed by atoms with Gasteiger partial charge in [0, 0.05) is 37.3 Å². The molecule has 3 aromatic rings. The number of fused-ring (bicyclic) bond motifs is 1. The van der Waals surface area contributed by atoms with Crippen molar-refractivity contribution in [3.05, 3.63) is 60.0 Å². The highest BCUT2D eigenvalue weighted by molar-refractivity contribution is 5.92. The number of anilines is 1. The molecule has 0 spiro atoms. The average molecular weight is 363 g/mol. The third-order valence-electron chi connectivity index (χ3n) is 5.00. The number of nitrogens with zero attached hydrogens (tertiary/aromatic N) is 5. The van der Waals surface area contributed by atoms with Crippen molar-refractivity contribution in [1.82, 2.24) is 19.5 Å². The average Bonchev–Trinajstić information content (AvgIpc) is 3.12. The third-order valence-corrected chi connectivity index (χ3v) is 5.00. The fourth-order valence-electron chi connectivity index (χ4n) is 3.33. The first-order valence-electron chi connectivity index (χ1n) is 9.38. The van der Waals surface area contributed by atoms with Gasteiger partial charge in [0.05, 0.1) is 11.9 Å². The first-order chi connectivity index (χ1) is 12.9. The standard InChI is InChI=1S/C21H25N5O/c1-21(2,3)18-15-26-19(22-18)10-9-17(23-26)20(27)25-13-11-24(12-14-25)16-7-5-4-6-8-16/h4-10,15H,11-14H2,1-3H3. The van der Waals surface area contributed by atoms with Gasteiger partial charge >= 0.3 is 0 Å². The number of carbonyl (C=O) groups is 1. The molecular formula is C21H25N5O. The van der Waals surface area contributed by atoms with E-state index in [1.807, 2.05) is 35.4 Å². The number of hydrogen-bond donors (Lipinski definition) is 0. The summed E-state index contributed by atoms with van der Waals surface area (Å²) in [6, 6.07) is 14.0. The van der Waals surface area contributed by atoms with Crippen molar-refractivity contribution in [2.75, 3.05) is 31.1 Å². The van der Waals surface area contributed by atoms with Crippen LogP contribution in [0.2, 0.25) is 0 Å². The molecule has 1 saturated heterocycles. The van der Waals surface area contributed by atoms with Crippen molar-refractivity contribution in [1.29, 1.82) is 0 Å². The molecule has 3 heterocycles. The lowest BCUT2D eigenvalue weighted by molar-refractivity contribution is 0.0739. The molecule has 27 heavy (non-hydrogen) atoms. The highest BCUT2D eigenvalue weighted by Crippen LogP contribution is 2.21. The molecule has 1 fully saturated rings. The lowest BCUT2D eigenvalue weighted by Gasteiger charge is -2.35. The summed E-state index contributed by atoms with van der Waals surface area (Å²) in [5, 5.41) is 4.51. The zero-order valence-corrected chi connectivity index (χ0v) is 16.1. The van der Waals surface area contributed by atoms with Gasteiger partial charge in [0.25, 0.3) is 5.91 Å². The molecule has 6 nitrogen and oxygen atoms in total. The summed E-state index contributed by atoms with van der Waals surface area (Å²) in [4.78, 5) is 21.7. The number of hydrogen-bond acceptors (Lipinski definition) is 4. The van der Waals surface area contributed by atoms with Crippen LogP contribution in [0.15, 0.2) is 48.7 Å². The second-order valence-corrected chi connectivity index (χ2v) is 8.01. The molecule has 0 N–H and O–H groups in total. The molecule has 2 aromatic heterocycles. The van der Waals surface area contributed by atoms with Gasteiger partial charge in [0.2, 0.25) is 0 Å². The minimum atomic E-state index is -0.0500. The van der Waals surface area contributed by atoms with Gasteiger partial charge in [-0.2, -0.15) is 5.10 Å². The van der Waals surface area contributed by atoms with Crippen molar-refractivity contribution in [3.63, 3.8) is 0 Å². The summed E-state index contributed by atoms with van der Waals surface area (Å²) < 4.78 is 1.72. The predicted molar refractivity (Wildman–Crippen MR) is 106 cm³/mol. The minimum absolute atomic E-state index is 0.0179. The summed E-state index contributed by atoms with van der Waals surface area (Å²) in [7, 11) is 0. The van der Waals surface area contributed by atoms with Crippen LogP contribution in [-0.4, -0.2) is 51.6 Å². The lowest BCUT2D eigenvalue weighted by Crippen LogP contribution is -2.49. The summed E-state index contributed by atoms with van der Waals surface area (Å²) in [6.45, 7) is 9.41. The third kappa shape index (κ3) is 3.52. The van der Waals surface area contributed by atoms with Crippen molar-refractivity contribution in [2.45, 2.75) is 26.2 Å². The maximum Gasteiger partial charge on any atom is 0.274 e. The van der Waals surface area contributed by atoms with E-state index in [-0.39, 0.29) is 11.3 Å². The van der Waals surface area contributed by atoms with Gasteiger partial charge < -0.3 is 9.80 Å². The SMILES string of the molecule is CC(C)(C)c1cn2nc(C(=O)N3CCN(c4ccccc4)CC3)ccc2n1. The first kappa shape index (κ1) is 17.5. The molecule has 6 heteroatoms. The van der Waals surface area contributed by atoms with Gasteiger partial charge in [-0.05, 0) is 24.3 Å². The van der Waals surface area contributed by atoms with E-state index in [0.717, 1.165) is 24.4 Å². The Kier molecular flexibility index (Phi) is 4.34. The van der Waals surface area contributed by atoms with E-state index in [1.54, 1.807) is 10.6 Å². The number of amides is 1. The summed E-state index contributed by atoms with van der Waals surface area (Å²) >= 11 is 0.